The van der Waals surface area contributed by atoms with Gasteiger partial charge in [-0.05, 0) is 50.0 Å². The molecule has 28 heavy (non-hydrogen) atoms. The zero-order valence-corrected chi connectivity index (χ0v) is 16.0. The minimum absolute atomic E-state index is 0.0775. The molecule has 2 atom stereocenters. The van der Waals surface area contributed by atoms with E-state index in [-0.39, 0.29) is 18.8 Å². The summed E-state index contributed by atoms with van der Waals surface area (Å²) in [5.41, 5.74) is 7.48. The number of amides is 1. The highest BCUT2D eigenvalue weighted by Crippen LogP contribution is 2.34. The Bertz CT molecular complexity index is 630. The first-order chi connectivity index (χ1) is 13.3. The minimum atomic E-state index is -4.50. The zero-order valence-electron chi connectivity index (χ0n) is 16.0. The molecular weight excluding hydrogens is 369 g/mol. The van der Waals surface area contributed by atoms with Crippen LogP contribution in [0, 0.1) is 0 Å². The first kappa shape index (κ1) is 21.1. The highest BCUT2D eigenvalue weighted by Gasteiger charge is 2.39. The zero-order chi connectivity index (χ0) is 20.1. The molecule has 1 aliphatic heterocycles. The number of hydrogen-bond acceptors (Lipinski definition) is 3. The van der Waals surface area contributed by atoms with Crippen LogP contribution in [-0.4, -0.2) is 48.3 Å². The van der Waals surface area contributed by atoms with E-state index in [4.69, 9.17) is 10.5 Å². The lowest BCUT2D eigenvalue weighted by atomic mass is 9.83. The van der Waals surface area contributed by atoms with E-state index in [1.54, 1.807) is 0 Å². The van der Waals surface area contributed by atoms with Gasteiger partial charge >= 0.3 is 6.18 Å². The molecule has 1 amide bonds. The SMILES string of the molecule is N[C@H]1CCCN(C(=O)CC(F)(F)F)[C@H]1COC1CCC(c2ccccc2)CC1. The second-order valence-electron chi connectivity index (χ2n) is 7.97. The molecule has 4 nitrogen and oxygen atoms in total. The number of rotatable bonds is 5. The van der Waals surface area contributed by atoms with Crippen molar-refractivity contribution in [3.05, 3.63) is 35.9 Å². The molecule has 1 saturated heterocycles. The number of likely N-dealkylation sites (tertiary alicyclic amines) is 1. The molecule has 7 heteroatoms. The van der Waals surface area contributed by atoms with Crippen LogP contribution in [0.2, 0.25) is 0 Å². The van der Waals surface area contributed by atoms with Gasteiger partial charge < -0.3 is 15.4 Å². The van der Waals surface area contributed by atoms with Gasteiger partial charge in [-0.15, -0.1) is 0 Å². The van der Waals surface area contributed by atoms with Crippen LogP contribution in [0.25, 0.3) is 0 Å². The average molecular weight is 398 g/mol. The molecule has 0 aromatic heterocycles. The van der Waals surface area contributed by atoms with Crippen molar-refractivity contribution in [2.45, 2.75) is 75.2 Å². The third kappa shape index (κ3) is 5.70. The van der Waals surface area contributed by atoms with Crippen LogP contribution in [-0.2, 0) is 9.53 Å². The largest absolute Gasteiger partial charge is 0.397 e. The number of nitrogens with zero attached hydrogens (tertiary/aromatic N) is 1. The highest BCUT2D eigenvalue weighted by atomic mass is 19.4. The molecule has 1 aromatic rings. The fourth-order valence-electron chi connectivity index (χ4n) is 4.41. The normalized spacial score (nSPS) is 28.9. The number of benzene rings is 1. The lowest BCUT2D eigenvalue weighted by Crippen LogP contribution is -2.57. The first-order valence-electron chi connectivity index (χ1n) is 10.1. The number of carbonyl (C=O) groups excluding carboxylic acids is 1. The number of carbonyl (C=O) groups is 1. The first-order valence-corrected chi connectivity index (χ1v) is 10.1. The van der Waals surface area contributed by atoms with Crippen molar-refractivity contribution in [1.82, 2.24) is 4.90 Å². The quantitative estimate of drug-likeness (QED) is 0.816. The second-order valence-corrected chi connectivity index (χ2v) is 7.97. The molecule has 156 valence electrons. The maximum absolute atomic E-state index is 12.6. The molecular formula is C21H29F3N2O2. The second kappa shape index (κ2) is 9.27. The summed E-state index contributed by atoms with van der Waals surface area (Å²) in [6, 6.07) is 9.59. The van der Waals surface area contributed by atoms with E-state index in [0.717, 1.165) is 25.7 Å². The van der Waals surface area contributed by atoms with Crippen LogP contribution in [0.4, 0.5) is 13.2 Å². The van der Waals surface area contributed by atoms with E-state index in [9.17, 15) is 18.0 Å². The minimum Gasteiger partial charge on any atom is -0.376 e. The van der Waals surface area contributed by atoms with E-state index >= 15 is 0 Å². The van der Waals surface area contributed by atoms with Crippen molar-refractivity contribution in [2.75, 3.05) is 13.2 Å². The number of nitrogens with two attached hydrogens (primary N) is 1. The summed E-state index contributed by atoms with van der Waals surface area (Å²) in [5.74, 6) is -0.369. The van der Waals surface area contributed by atoms with Gasteiger partial charge in [0.05, 0.1) is 18.8 Å². The smallest absolute Gasteiger partial charge is 0.376 e. The van der Waals surface area contributed by atoms with Crippen molar-refractivity contribution in [1.29, 1.82) is 0 Å². The van der Waals surface area contributed by atoms with Gasteiger partial charge in [-0.1, -0.05) is 30.3 Å². The number of hydrogen-bond donors (Lipinski definition) is 1. The van der Waals surface area contributed by atoms with Crippen LogP contribution in [0.5, 0.6) is 0 Å². The van der Waals surface area contributed by atoms with Crippen molar-refractivity contribution in [2.24, 2.45) is 5.73 Å². The van der Waals surface area contributed by atoms with E-state index in [1.807, 2.05) is 6.07 Å². The van der Waals surface area contributed by atoms with Gasteiger partial charge in [0.15, 0.2) is 0 Å². The molecule has 0 spiro atoms. The summed E-state index contributed by atoms with van der Waals surface area (Å²) in [7, 11) is 0. The van der Waals surface area contributed by atoms with Gasteiger partial charge in [0.2, 0.25) is 5.91 Å². The molecule has 0 unspecified atom stereocenters. The molecule has 1 aromatic carbocycles. The molecule has 2 fully saturated rings. The predicted octanol–water partition coefficient (Wildman–Crippen LogP) is 4.00. The fraction of sp³-hybridized carbons (Fsp3) is 0.667. The maximum Gasteiger partial charge on any atom is 0.397 e. The van der Waals surface area contributed by atoms with Crippen LogP contribution < -0.4 is 5.73 Å². The van der Waals surface area contributed by atoms with Crippen molar-refractivity contribution < 1.29 is 22.7 Å². The van der Waals surface area contributed by atoms with Crippen LogP contribution in [0.15, 0.2) is 30.3 Å². The summed E-state index contributed by atoms with van der Waals surface area (Å²) in [5, 5.41) is 0. The summed E-state index contributed by atoms with van der Waals surface area (Å²) in [6.07, 6.45) is -0.638. The Kier molecular flexibility index (Phi) is 6.99. The average Bonchev–Trinajstić information content (AvgIpc) is 2.66. The lowest BCUT2D eigenvalue weighted by molar-refractivity contribution is -0.166. The number of ether oxygens (including phenoxy) is 1. The molecule has 2 N–H and O–H groups in total. The Morgan fingerprint density at radius 3 is 2.43 bits per heavy atom. The van der Waals surface area contributed by atoms with Gasteiger partial charge in [-0.25, -0.2) is 0 Å². The van der Waals surface area contributed by atoms with Crippen LogP contribution in [0.3, 0.4) is 0 Å². The van der Waals surface area contributed by atoms with Crippen LogP contribution >= 0.6 is 0 Å². The summed E-state index contributed by atoms with van der Waals surface area (Å²) in [4.78, 5) is 13.4. The Balaban J connectivity index is 1.51. The summed E-state index contributed by atoms with van der Waals surface area (Å²) in [6.45, 7) is 0.531. The molecule has 1 aliphatic carbocycles. The number of halogens is 3. The summed E-state index contributed by atoms with van der Waals surface area (Å²) < 4.78 is 43.9. The number of piperidine rings is 1. The third-order valence-electron chi connectivity index (χ3n) is 5.95. The molecule has 0 radical (unpaired) electrons. The highest BCUT2D eigenvalue weighted by molar-refractivity contribution is 5.77. The van der Waals surface area contributed by atoms with E-state index < -0.39 is 24.5 Å². The topological polar surface area (TPSA) is 55.6 Å². The van der Waals surface area contributed by atoms with Crippen LogP contribution in [0.1, 0.15) is 56.4 Å². The summed E-state index contributed by atoms with van der Waals surface area (Å²) >= 11 is 0. The maximum atomic E-state index is 12.6. The standard InChI is InChI=1S/C21H29F3N2O2/c22-21(23,24)13-20(27)26-12-4-7-18(25)19(26)14-28-17-10-8-16(9-11-17)15-5-2-1-3-6-15/h1-3,5-6,16-19H,4,7-14,25H2/t16?,17?,18-,19-/m0/s1. The van der Waals surface area contributed by atoms with Crippen molar-refractivity contribution >= 4 is 5.91 Å². The van der Waals surface area contributed by atoms with Gasteiger partial charge in [-0.2, -0.15) is 13.2 Å². The fourth-order valence-corrected chi connectivity index (χ4v) is 4.41. The van der Waals surface area contributed by atoms with E-state index in [0.29, 0.717) is 25.3 Å². The van der Waals surface area contributed by atoms with Gasteiger partial charge in [0.25, 0.3) is 0 Å². The van der Waals surface area contributed by atoms with E-state index in [2.05, 4.69) is 24.3 Å². The molecule has 1 saturated carbocycles. The Hall–Kier alpha value is -1.60. The predicted molar refractivity (Wildman–Crippen MR) is 101 cm³/mol. The third-order valence-corrected chi connectivity index (χ3v) is 5.95. The Labute approximate surface area is 164 Å². The molecule has 2 aliphatic rings. The Morgan fingerprint density at radius 1 is 1.11 bits per heavy atom. The molecule has 1 heterocycles. The molecule has 3 rings (SSSR count). The van der Waals surface area contributed by atoms with Gasteiger partial charge in [0, 0.05) is 12.6 Å². The van der Waals surface area contributed by atoms with Gasteiger partial charge in [0.1, 0.15) is 6.42 Å². The lowest BCUT2D eigenvalue weighted by Gasteiger charge is -2.41. The van der Waals surface area contributed by atoms with Gasteiger partial charge in [-0.3, -0.25) is 4.79 Å². The molecule has 0 bridgehead atoms. The van der Waals surface area contributed by atoms with Crippen molar-refractivity contribution in [3.8, 4) is 0 Å². The monoisotopic (exact) mass is 398 g/mol. The Morgan fingerprint density at radius 2 is 1.79 bits per heavy atom. The van der Waals surface area contributed by atoms with Crippen molar-refractivity contribution in [3.63, 3.8) is 0 Å². The number of alkyl halides is 3. The van der Waals surface area contributed by atoms with E-state index in [1.165, 1.54) is 10.5 Å².